The minimum atomic E-state index is -1.75. The molecule has 0 bridgehead atoms. The molecular weight excluding hydrogens is 430 g/mol. The summed E-state index contributed by atoms with van der Waals surface area (Å²) in [6.45, 7) is -0.0824. The molecule has 2 aromatic rings. The molecule has 0 heterocycles. The van der Waals surface area contributed by atoms with Crippen LogP contribution in [0.1, 0.15) is 17.5 Å². The third-order valence-corrected chi connectivity index (χ3v) is 4.98. The van der Waals surface area contributed by atoms with E-state index in [1.165, 1.54) is 25.3 Å². The van der Waals surface area contributed by atoms with Crippen molar-refractivity contribution in [3.05, 3.63) is 106 Å². The van der Waals surface area contributed by atoms with E-state index in [-0.39, 0.29) is 25.2 Å². The van der Waals surface area contributed by atoms with E-state index in [9.17, 15) is 19.7 Å². The standard InChI is InChI=1S/C24H23NO8/c1-30-24(25(28)29)14-12-20(13-15-24)21(22(26)31-16-18-8-4-2-5-9-18)33-23(27)32-17-19-10-6-3-7-11-19/h2-14,21H,15-17H2,1H3. The molecule has 0 saturated carbocycles. The average molecular weight is 453 g/mol. The summed E-state index contributed by atoms with van der Waals surface area (Å²) >= 11 is 0. The number of hydrogen-bond acceptors (Lipinski definition) is 8. The molecule has 172 valence electrons. The van der Waals surface area contributed by atoms with E-state index in [2.05, 4.69) is 0 Å². The maximum Gasteiger partial charge on any atom is 0.509 e. The van der Waals surface area contributed by atoms with E-state index < -0.39 is 28.9 Å². The van der Waals surface area contributed by atoms with Crippen LogP contribution < -0.4 is 0 Å². The zero-order valence-corrected chi connectivity index (χ0v) is 17.9. The van der Waals surface area contributed by atoms with Gasteiger partial charge in [-0.15, -0.1) is 0 Å². The van der Waals surface area contributed by atoms with Gasteiger partial charge in [-0.1, -0.05) is 66.7 Å². The van der Waals surface area contributed by atoms with Crippen molar-refractivity contribution in [3.8, 4) is 0 Å². The Kier molecular flexibility index (Phi) is 7.93. The van der Waals surface area contributed by atoms with Crippen LogP contribution >= 0.6 is 0 Å². The van der Waals surface area contributed by atoms with E-state index in [0.29, 0.717) is 0 Å². The highest BCUT2D eigenvalue weighted by atomic mass is 16.7. The first-order chi connectivity index (χ1) is 15.9. The monoisotopic (exact) mass is 453 g/mol. The van der Waals surface area contributed by atoms with E-state index in [1.54, 1.807) is 48.5 Å². The predicted molar refractivity (Wildman–Crippen MR) is 116 cm³/mol. The molecule has 0 fully saturated rings. The van der Waals surface area contributed by atoms with Gasteiger partial charge in [-0.3, -0.25) is 10.1 Å². The first-order valence-electron chi connectivity index (χ1n) is 10.1. The molecule has 9 heteroatoms. The molecule has 2 atom stereocenters. The molecule has 1 aliphatic carbocycles. The van der Waals surface area contributed by atoms with Crippen LogP contribution in [0, 0.1) is 10.1 Å². The summed E-state index contributed by atoms with van der Waals surface area (Å²) in [4.78, 5) is 35.9. The zero-order chi connectivity index (χ0) is 23.7. The average Bonchev–Trinajstić information content (AvgIpc) is 2.86. The van der Waals surface area contributed by atoms with Gasteiger partial charge >= 0.3 is 17.8 Å². The Morgan fingerprint density at radius 3 is 2.06 bits per heavy atom. The number of rotatable bonds is 9. The van der Waals surface area contributed by atoms with Crippen molar-refractivity contribution in [3.63, 3.8) is 0 Å². The van der Waals surface area contributed by atoms with Crippen LogP contribution in [0.5, 0.6) is 0 Å². The van der Waals surface area contributed by atoms with Crippen molar-refractivity contribution in [1.29, 1.82) is 0 Å². The first-order valence-corrected chi connectivity index (χ1v) is 10.1. The number of hydrogen-bond donors (Lipinski definition) is 0. The van der Waals surface area contributed by atoms with Crippen molar-refractivity contribution in [2.75, 3.05) is 7.11 Å². The summed E-state index contributed by atoms with van der Waals surface area (Å²) in [7, 11) is 1.22. The van der Waals surface area contributed by atoms with Gasteiger partial charge in [0.05, 0.1) is 11.3 Å². The molecule has 0 amide bonds. The highest BCUT2D eigenvalue weighted by Gasteiger charge is 2.43. The summed E-state index contributed by atoms with van der Waals surface area (Å²) in [5, 5.41) is 11.4. The summed E-state index contributed by atoms with van der Waals surface area (Å²) in [6.07, 6.45) is 1.23. The van der Waals surface area contributed by atoms with Gasteiger partial charge in [0.1, 0.15) is 13.2 Å². The van der Waals surface area contributed by atoms with Crippen LogP contribution in [-0.2, 0) is 37.0 Å². The van der Waals surface area contributed by atoms with Crippen molar-refractivity contribution in [2.45, 2.75) is 31.5 Å². The van der Waals surface area contributed by atoms with Crippen LogP contribution in [0.2, 0.25) is 0 Å². The Hall–Kier alpha value is -3.98. The molecule has 2 unspecified atom stereocenters. The van der Waals surface area contributed by atoms with Crippen LogP contribution in [-0.4, -0.2) is 36.0 Å². The fourth-order valence-corrected chi connectivity index (χ4v) is 3.09. The largest absolute Gasteiger partial charge is 0.509 e. The normalized spacial score (nSPS) is 18.0. The topological polar surface area (TPSA) is 114 Å². The van der Waals surface area contributed by atoms with Crippen LogP contribution in [0.25, 0.3) is 0 Å². The minimum Gasteiger partial charge on any atom is -0.458 e. The lowest BCUT2D eigenvalue weighted by molar-refractivity contribution is -0.610. The van der Waals surface area contributed by atoms with Gasteiger partial charge in [0.15, 0.2) is 0 Å². The number of ether oxygens (including phenoxy) is 4. The first kappa shape index (κ1) is 23.7. The second-order valence-electron chi connectivity index (χ2n) is 7.16. The molecule has 0 N–H and O–H groups in total. The predicted octanol–water partition coefficient (Wildman–Crippen LogP) is 3.96. The lowest BCUT2D eigenvalue weighted by Crippen LogP contribution is -2.40. The third-order valence-electron chi connectivity index (χ3n) is 4.98. The number of carbonyl (C=O) groups is 2. The lowest BCUT2D eigenvalue weighted by Gasteiger charge is -2.24. The minimum absolute atomic E-state index is 0.0352. The molecule has 0 radical (unpaired) electrons. The Balaban J connectivity index is 1.71. The van der Waals surface area contributed by atoms with Crippen LogP contribution in [0.4, 0.5) is 4.79 Å². The van der Waals surface area contributed by atoms with E-state index in [4.69, 9.17) is 18.9 Å². The summed E-state index contributed by atoms with van der Waals surface area (Å²) in [5.74, 6) is -0.836. The second kappa shape index (κ2) is 11.1. The van der Waals surface area contributed by atoms with Crippen LogP contribution in [0.15, 0.2) is 84.5 Å². The Bertz CT molecular complexity index is 1030. The third kappa shape index (κ3) is 6.27. The van der Waals surface area contributed by atoms with Gasteiger partial charge in [0.2, 0.25) is 6.10 Å². The molecular formula is C24H23NO8. The number of nitro groups is 1. The number of benzene rings is 2. The van der Waals surface area contributed by atoms with E-state index in [0.717, 1.165) is 11.1 Å². The molecule has 0 spiro atoms. The molecule has 0 saturated heterocycles. The van der Waals surface area contributed by atoms with Gasteiger partial charge < -0.3 is 18.9 Å². The van der Waals surface area contributed by atoms with E-state index >= 15 is 0 Å². The van der Waals surface area contributed by atoms with Crippen molar-refractivity contribution in [2.24, 2.45) is 0 Å². The summed E-state index contributed by atoms with van der Waals surface area (Å²) in [6, 6.07) is 17.9. The van der Waals surface area contributed by atoms with E-state index in [1.807, 2.05) is 12.1 Å². The highest BCUT2D eigenvalue weighted by Crippen LogP contribution is 2.28. The van der Waals surface area contributed by atoms with Gasteiger partial charge in [-0.25, -0.2) is 9.59 Å². The Labute approximate surface area is 190 Å². The van der Waals surface area contributed by atoms with Gasteiger partial charge in [0, 0.05) is 18.8 Å². The smallest absolute Gasteiger partial charge is 0.458 e. The summed E-state index contributed by atoms with van der Waals surface area (Å²) < 4.78 is 20.7. The fourth-order valence-electron chi connectivity index (χ4n) is 3.09. The lowest BCUT2D eigenvalue weighted by atomic mass is 9.96. The number of esters is 1. The zero-order valence-electron chi connectivity index (χ0n) is 17.9. The molecule has 3 rings (SSSR count). The molecule has 9 nitrogen and oxygen atoms in total. The molecule has 1 aliphatic rings. The van der Waals surface area contributed by atoms with Crippen molar-refractivity contribution >= 4 is 12.1 Å². The van der Waals surface area contributed by atoms with Crippen LogP contribution in [0.3, 0.4) is 0 Å². The van der Waals surface area contributed by atoms with Gasteiger partial charge in [-0.05, 0) is 17.2 Å². The summed E-state index contributed by atoms with van der Waals surface area (Å²) in [5.41, 5.74) is -0.0452. The van der Waals surface area contributed by atoms with Crippen molar-refractivity contribution < 1.29 is 33.5 Å². The highest BCUT2D eigenvalue weighted by molar-refractivity contribution is 5.82. The Morgan fingerprint density at radius 2 is 1.58 bits per heavy atom. The molecule has 0 aliphatic heterocycles. The SMILES string of the molecule is COC1([N+](=O)[O-])C=CC(C(OC(=O)OCc2ccccc2)C(=O)OCc2ccccc2)=CC1. The van der Waals surface area contributed by atoms with Gasteiger partial charge in [0.25, 0.3) is 0 Å². The van der Waals surface area contributed by atoms with Crippen molar-refractivity contribution in [1.82, 2.24) is 0 Å². The molecule has 2 aromatic carbocycles. The second-order valence-corrected chi connectivity index (χ2v) is 7.16. The molecule has 0 aromatic heterocycles. The fraction of sp³-hybridized carbons (Fsp3) is 0.250. The number of carbonyl (C=O) groups excluding carboxylic acids is 2. The quantitative estimate of drug-likeness (QED) is 0.243. The number of nitrogens with zero attached hydrogens (tertiary/aromatic N) is 1. The van der Waals surface area contributed by atoms with Gasteiger partial charge in [-0.2, -0.15) is 0 Å². The molecule has 33 heavy (non-hydrogen) atoms. The maximum atomic E-state index is 12.8. The Morgan fingerprint density at radius 1 is 1.00 bits per heavy atom. The maximum absolute atomic E-state index is 12.8. The number of methoxy groups -OCH3 is 1.